The van der Waals surface area contributed by atoms with Gasteiger partial charge in [0.25, 0.3) is 0 Å². The van der Waals surface area contributed by atoms with Crippen LogP contribution < -0.4 is 0 Å². The van der Waals surface area contributed by atoms with Crippen LogP contribution in [-0.4, -0.2) is 14.6 Å². The molecule has 0 saturated heterocycles. The van der Waals surface area contributed by atoms with E-state index in [2.05, 4.69) is 42.2 Å². The van der Waals surface area contributed by atoms with Crippen molar-refractivity contribution in [1.82, 2.24) is 14.6 Å². The fourth-order valence-corrected chi connectivity index (χ4v) is 2.80. The monoisotopic (exact) mass is 285 g/mol. The normalized spacial score (nSPS) is 11.0. The number of aromatic nitrogens is 3. The number of aryl methyl sites for hydroxylation is 1. The fourth-order valence-electron chi connectivity index (χ4n) is 2.80. The van der Waals surface area contributed by atoms with Crippen LogP contribution in [0.5, 0.6) is 0 Å². The van der Waals surface area contributed by atoms with Gasteiger partial charge in [-0.2, -0.15) is 5.10 Å². The number of nitrogens with zero attached hydrogens (tertiary/aromatic N) is 3. The van der Waals surface area contributed by atoms with Crippen LogP contribution in [0.4, 0.5) is 0 Å². The van der Waals surface area contributed by atoms with E-state index in [1.54, 1.807) is 0 Å². The van der Waals surface area contributed by atoms with Crippen molar-refractivity contribution in [2.45, 2.75) is 6.92 Å². The van der Waals surface area contributed by atoms with Crippen molar-refractivity contribution < 1.29 is 0 Å². The van der Waals surface area contributed by atoms with Gasteiger partial charge in [0, 0.05) is 29.2 Å². The molecule has 0 unspecified atom stereocenters. The second-order valence-corrected chi connectivity index (χ2v) is 5.29. The lowest BCUT2D eigenvalue weighted by Gasteiger charge is -2.03. The second kappa shape index (κ2) is 5.11. The first kappa shape index (κ1) is 12.8. The van der Waals surface area contributed by atoms with E-state index in [0.717, 1.165) is 33.6 Å². The highest BCUT2D eigenvalue weighted by Gasteiger charge is 2.16. The molecule has 0 atom stereocenters. The molecule has 22 heavy (non-hydrogen) atoms. The minimum Gasteiger partial charge on any atom is -0.265 e. The molecule has 0 amide bonds. The summed E-state index contributed by atoms with van der Waals surface area (Å²) in [5.41, 5.74) is 6.64. The molecule has 4 rings (SSSR count). The summed E-state index contributed by atoms with van der Waals surface area (Å²) in [6.07, 6.45) is 3.65. The van der Waals surface area contributed by atoms with Crippen LogP contribution in [0.2, 0.25) is 0 Å². The Hall–Kier alpha value is -2.94. The Morgan fingerprint density at radius 2 is 1.55 bits per heavy atom. The van der Waals surface area contributed by atoms with Crippen LogP contribution >= 0.6 is 0 Å². The van der Waals surface area contributed by atoms with Gasteiger partial charge in [-0.3, -0.25) is 4.98 Å². The molecular weight excluding hydrogens is 270 g/mol. The minimum absolute atomic E-state index is 1.00. The third-order valence-corrected chi connectivity index (χ3v) is 3.86. The zero-order valence-electron chi connectivity index (χ0n) is 12.3. The number of hydrogen-bond donors (Lipinski definition) is 0. The molecule has 3 heterocycles. The molecule has 0 fully saturated rings. The summed E-state index contributed by atoms with van der Waals surface area (Å²) >= 11 is 0. The van der Waals surface area contributed by atoms with Crippen molar-refractivity contribution in [2.75, 3.05) is 0 Å². The van der Waals surface area contributed by atoms with Gasteiger partial charge in [0.05, 0.1) is 5.52 Å². The first-order valence-electron chi connectivity index (χ1n) is 7.29. The Morgan fingerprint density at radius 1 is 0.773 bits per heavy atom. The lowest BCUT2D eigenvalue weighted by molar-refractivity contribution is 0.918. The van der Waals surface area contributed by atoms with Gasteiger partial charge >= 0.3 is 0 Å². The van der Waals surface area contributed by atoms with Gasteiger partial charge in [0.2, 0.25) is 0 Å². The van der Waals surface area contributed by atoms with Crippen molar-refractivity contribution >= 4 is 5.52 Å². The molecule has 1 aromatic carbocycles. The average molecular weight is 285 g/mol. The van der Waals surface area contributed by atoms with E-state index in [-0.39, 0.29) is 0 Å². The van der Waals surface area contributed by atoms with Crippen LogP contribution in [0.1, 0.15) is 5.69 Å². The van der Waals surface area contributed by atoms with Gasteiger partial charge in [-0.15, -0.1) is 0 Å². The predicted molar refractivity (Wildman–Crippen MR) is 88.6 cm³/mol. The van der Waals surface area contributed by atoms with Gasteiger partial charge in [0.1, 0.15) is 5.69 Å². The topological polar surface area (TPSA) is 30.2 Å². The first-order chi connectivity index (χ1) is 10.8. The Kier molecular flexibility index (Phi) is 2.97. The summed E-state index contributed by atoms with van der Waals surface area (Å²) < 4.78 is 2.01. The zero-order valence-corrected chi connectivity index (χ0v) is 12.3. The van der Waals surface area contributed by atoms with E-state index >= 15 is 0 Å². The highest BCUT2D eigenvalue weighted by molar-refractivity contribution is 5.92. The summed E-state index contributed by atoms with van der Waals surface area (Å²) in [5, 5.41) is 4.86. The number of fused-ring (bicyclic) bond motifs is 1. The van der Waals surface area contributed by atoms with Gasteiger partial charge in [-0.1, -0.05) is 36.4 Å². The minimum atomic E-state index is 1.00. The van der Waals surface area contributed by atoms with Crippen LogP contribution in [0.25, 0.3) is 27.9 Å². The molecule has 0 radical (unpaired) electrons. The summed E-state index contributed by atoms with van der Waals surface area (Å²) in [4.78, 5) is 4.13. The third-order valence-electron chi connectivity index (χ3n) is 3.86. The summed E-state index contributed by atoms with van der Waals surface area (Å²) in [6, 6.07) is 20.6. The quantitative estimate of drug-likeness (QED) is 0.547. The number of hydrogen-bond acceptors (Lipinski definition) is 2. The molecule has 106 valence electrons. The lowest BCUT2D eigenvalue weighted by Crippen LogP contribution is -1.91. The van der Waals surface area contributed by atoms with E-state index < -0.39 is 0 Å². The van der Waals surface area contributed by atoms with Crippen molar-refractivity contribution in [2.24, 2.45) is 0 Å². The van der Waals surface area contributed by atoms with Crippen LogP contribution in [0.15, 0.2) is 73.1 Å². The van der Waals surface area contributed by atoms with E-state index in [1.807, 2.05) is 47.2 Å². The van der Waals surface area contributed by atoms with Crippen LogP contribution in [0, 0.1) is 6.92 Å². The lowest BCUT2D eigenvalue weighted by atomic mass is 10.0. The smallest absolute Gasteiger partial charge is 0.101 e. The maximum absolute atomic E-state index is 4.86. The largest absolute Gasteiger partial charge is 0.265 e. The highest BCUT2D eigenvalue weighted by Crippen LogP contribution is 2.35. The summed E-state index contributed by atoms with van der Waals surface area (Å²) in [5.74, 6) is 0. The molecule has 0 aliphatic heterocycles. The van der Waals surface area contributed by atoms with E-state index in [0.29, 0.717) is 0 Å². The van der Waals surface area contributed by atoms with Gasteiger partial charge in [-0.05, 0) is 36.8 Å². The third kappa shape index (κ3) is 1.99. The molecule has 0 aliphatic carbocycles. The molecule has 0 bridgehead atoms. The van der Waals surface area contributed by atoms with Crippen LogP contribution in [0.3, 0.4) is 0 Å². The number of rotatable bonds is 2. The van der Waals surface area contributed by atoms with Gasteiger partial charge in [-0.25, -0.2) is 4.52 Å². The Bertz CT molecular complexity index is 925. The molecule has 3 aromatic heterocycles. The Balaban J connectivity index is 2.10. The van der Waals surface area contributed by atoms with Crippen molar-refractivity contribution in [1.29, 1.82) is 0 Å². The molecule has 0 aliphatic rings. The molecule has 0 N–H and O–H groups in total. The number of benzene rings is 1. The van der Waals surface area contributed by atoms with Crippen LogP contribution in [-0.2, 0) is 0 Å². The molecule has 3 nitrogen and oxygen atoms in total. The van der Waals surface area contributed by atoms with E-state index in [1.165, 1.54) is 0 Å². The fraction of sp³-hybridized carbons (Fsp3) is 0.0526. The average Bonchev–Trinajstić information content (AvgIpc) is 2.97. The van der Waals surface area contributed by atoms with Gasteiger partial charge < -0.3 is 0 Å². The highest BCUT2D eigenvalue weighted by atomic mass is 15.2. The predicted octanol–water partition coefficient (Wildman–Crippen LogP) is 4.37. The molecule has 0 spiro atoms. The van der Waals surface area contributed by atoms with Crippen molar-refractivity contribution in [3.05, 3.63) is 78.8 Å². The van der Waals surface area contributed by atoms with E-state index in [9.17, 15) is 0 Å². The molecule has 4 aromatic rings. The maximum atomic E-state index is 4.86. The maximum Gasteiger partial charge on any atom is 0.101 e. The summed E-state index contributed by atoms with van der Waals surface area (Å²) in [7, 11) is 0. The molecular formula is C19H15N3. The molecule has 3 heteroatoms. The number of pyridine rings is 2. The standard InChI is InChI=1S/C19H15N3/c1-14-6-5-9-17-18(15-10-12-20-13-11-15)19(21-22(14)17)16-7-3-2-4-8-16/h2-13H,1H3. The van der Waals surface area contributed by atoms with E-state index in [4.69, 9.17) is 5.10 Å². The zero-order chi connectivity index (χ0) is 14.9. The first-order valence-corrected chi connectivity index (χ1v) is 7.29. The summed E-state index contributed by atoms with van der Waals surface area (Å²) in [6.45, 7) is 2.07. The molecule has 0 saturated carbocycles. The van der Waals surface area contributed by atoms with Gasteiger partial charge in [0.15, 0.2) is 0 Å². The second-order valence-electron chi connectivity index (χ2n) is 5.29. The van der Waals surface area contributed by atoms with Crippen molar-refractivity contribution in [3.8, 4) is 22.4 Å². The SMILES string of the molecule is Cc1cccc2c(-c3ccncc3)c(-c3ccccc3)nn12. The Morgan fingerprint density at radius 3 is 2.32 bits per heavy atom. The Labute approximate surface area is 128 Å². The van der Waals surface area contributed by atoms with Crippen molar-refractivity contribution in [3.63, 3.8) is 0 Å².